The molecule has 3 amide bonds. The minimum Gasteiger partial charge on any atom is -0.493 e. The molecule has 0 aliphatic carbocycles. The Morgan fingerprint density at radius 3 is 2.02 bits per heavy atom. The van der Waals surface area contributed by atoms with E-state index in [4.69, 9.17) is 14.2 Å². The molecule has 3 rings (SSSR count). The van der Waals surface area contributed by atoms with E-state index >= 15 is 0 Å². The minimum absolute atomic E-state index is 0.0771. The Labute approximate surface area is 247 Å². The molecule has 0 radical (unpaired) electrons. The van der Waals surface area contributed by atoms with Gasteiger partial charge in [-0.15, -0.1) is 0 Å². The lowest BCUT2D eigenvalue weighted by Gasteiger charge is -2.40. The van der Waals surface area contributed by atoms with E-state index in [-0.39, 0.29) is 28.5 Å². The maximum absolute atomic E-state index is 13.9. The molecule has 0 bridgehead atoms. The molecule has 232 valence electrons. The van der Waals surface area contributed by atoms with Crippen molar-refractivity contribution < 1.29 is 46.6 Å². The maximum Gasteiger partial charge on any atom is 0.452 e. The normalized spacial score (nSPS) is 16.0. The van der Waals surface area contributed by atoms with Gasteiger partial charge >= 0.3 is 6.18 Å². The summed E-state index contributed by atoms with van der Waals surface area (Å²) >= 11 is 0. The molecule has 43 heavy (non-hydrogen) atoms. The number of ketones is 1. The van der Waals surface area contributed by atoms with Gasteiger partial charge in [0.05, 0.1) is 27.0 Å². The van der Waals surface area contributed by atoms with Crippen LogP contribution in [0.4, 0.5) is 13.2 Å². The van der Waals surface area contributed by atoms with Crippen LogP contribution < -0.4 is 19.5 Å². The van der Waals surface area contributed by atoms with Crippen LogP contribution in [-0.4, -0.2) is 79.4 Å². The number of methoxy groups -OCH3 is 3. The summed E-state index contributed by atoms with van der Waals surface area (Å²) in [6.45, 7) is 3.97. The number of ether oxygens (including phenoxy) is 3. The summed E-state index contributed by atoms with van der Waals surface area (Å²) in [5, 5.41) is 2.17. The van der Waals surface area contributed by atoms with Gasteiger partial charge in [-0.2, -0.15) is 13.2 Å². The first kappa shape index (κ1) is 33.0. The molecule has 1 aliphatic rings. The Bertz CT molecular complexity index is 1370. The van der Waals surface area contributed by atoms with Crippen LogP contribution in [0.3, 0.4) is 0 Å². The Hall–Kier alpha value is -4.55. The molecular weight excluding hydrogens is 571 g/mol. The van der Waals surface area contributed by atoms with Crippen molar-refractivity contribution in [3.63, 3.8) is 0 Å². The molecule has 2 aromatic carbocycles. The number of hydrogen-bond donors (Lipinski definition) is 1. The highest BCUT2D eigenvalue weighted by atomic mass is 19.4. The molecule has 2 unspecified atom stereocenters. The van der Waals surface area contributed by atoms with E-state index in [0.717, 1.165) is 4.90 Å². The van der Waals surface area contributed by atoms with Crippen LogP contribution in [0.2, 0.25) is 0 Å². The Kier molecular flexibility index (Phi) is 10.4. The smallest absolute Gasteiger partial charge is 0.452 e. The fourth-order valence-corrected chi connectivity index (χ4v) is 4.83. The number of nitrogens with one attached hydrogen (secondary N) is 1. The lowest BCUT2D eigenvalue weighted by molar-refractivity contribution is -0.173. The lowest BCUT2D eigenvalue weighted by Crippen LogP contribution is -2.57. The molecule has 13 heteroatoms. The highest BCUT2D eigenvalue weighted by Gasteiger charge is 2.45. The molecule has 10 nitrogen and oxygen atoms in total. The SMILES string of the molecule is COc1cc(C2=CN(C(C)=O)C(C(C)C)C(=O)N2CC(=O)NC(Cc2ccccc2)C(=O)C(F)(F)F)cc(OC)c1OC. The van der Waals surface area contributed by atoms with Gasteiger partial charge in [0.1, 0.15) is 18.6 Å². The monoisotopic (exact) mass is 605 g/mol. The topological polar surface area (TPSA) is 114 Å². The van der Waals surface area contributed by atoms with Gasteiger partial charge < -0.3 is 24.4 Å². The molecule has 1 heterocycles. The molecule has 1 N–H and O–H groups in total. The van der Waals surface area contributed by atoms with Crippen LogP contribution in [0.25, 0.3) is 5.70 Å². The Morgan fingerprint density at radius 2 is 1.56 bits per heavy atom. The second-order valence-corrected chi connectivity index (χ2v) is 10.1. The average molecular weight is 606 g/mol. The number of nitrogens with zero attached hydrogens (tertiary/aromatic N) is 2. The third-order valence-electron chi connectivity index (χ3n) is 6.84. The van der Waals surface area contributed by atoms with Crippen LogP contribution in [-0.2, 0) is 25.6 Å². The summed E-state index contributed by atoms with van der Waals surface area (Å²) in [6.07, 6.45) is -4.23. The van der Waals surface area contributed by atoms with E-state index in [0.29, 0.717) is 5.56 Å². The van der Waals surface area contributed by atoms with Crippen LogP contribution in [0.5, 0.6) is 17.2 Å². The molecule has 0 spiro atoms. The number of carbonyl (C=O) groups excluding carboxylic acids is 4. The first-order chi connectivity index (χ1) is 20.2. The highest BCUT2D eigenvalue weighted by molar-refractivity contribution is 6.00. The summed E-state index contributed by atoms with van der Waals surface area (Å²) in [4.78, 5) is 54.4. The van der Waals surface area contributed by atoms with Crippen LogP contribution in [0.15, 0.2) is 48.7 Å². The minimum atomic E-state index is -5.21. The van der Waals surface area contributed by atoms with Gasteiger partial charge in [0.15, 0.2) is 11.5 Å². The van der Waals surface area contributed by atoms with Crippen LogP contribution in [0.1, 0.15) is 31.9 Å². The predicted molar refractivity (Wildman–Crippen MR) is 150 cm³/mol. The zero-order valence-electron chi connectivity index (χ0n) is 24.7. The average Bonchev–Trinajstić information content (AvgIpc) is 2.96. The summed E-state index contributed by atoms with van der Waals surface area (Å²) in [5.74, 6) is -3.94. The lowest BCUT2D eigenvalue weighted by atomic mass is 9.96. The molecular formula is C30H34F3N3O7. The molecule has 0 saturated carbocycles. The van der Waals surface area contributed by atoms with Crippen molar-refractivity contribution in [2.75, 3.05) is 27.9 Å². The number of Topliss-reactive ketones (excluding diaryl/α,β-unsaturated/α-hetero) is 1. The first-order valence-electron chi connectivity index (χ1n) is 13.3. The number of benzene rings is 2. The van der Waals surface area contributed by atoms with Crippen molar-refractivity contribution in [3.05, 3.63) is 59.8 Å². The van der Waals surface area contributed by atoms with E-state index in [9.17, 15) is 32.3 Å². The largest absolute Gasteiger partial charge is 0.493 e. The van der Waals surface area contributed by atoms with E-state index in [1.165, 1.54) is 63.6 Å². The van der Waals surface area contributed by atoms with E-state index in [1.807, 2.05) is 0 Å². The van der Waals surface area contributed by atoms with Crippen molar-refractivity contribution in [1.29, 1.82) is 0 Å². The van der Waals surface area contributed by atoms with Gasteiger partial charge in [0.2, 0.25) is 17.6 Å². The Morgan fingerprint density at radius 1 is 0.977 bits per heavy atom. The van der Waals surface area contributed by atoms with E-state index < -0.39 is 60.6 Å². The third kappa shape index (κ3) is 7.46. The second kappa shape index (κ2) is 13.6. The molecule has 2 aromatic rings. The second-order valence-electron chi connectivity index (χ2n) is 10.1. The number of hydrogen-bond acceptors (Lipinski definition) is 7. The standard InChI is InChI=1S/C30H34F3N3O7/c1-17(2)26-29(40)36(16-25(38)34-21(28(39)30(31,32)33)12-19-10-8-7-9-11-19)22(15-35(26)18(3)37)20-13-23(41-4)27(43-6)24(14-20)42-5/h7-11,13-15,17,21,26H,12,16H2,1-6H3,(H,34,38). The number of alkyl halides is 3. The van der Waals surface area contributed by atoms with E-state index in [2.05, 4.69) is 5.32 Å². The Balaban J connectivity index is 2.07. The summed E-state index contributed by atoms with van der Waals surface area (Å²) < 4.78 is 56.6. The molecule has 0 fully saturated rings. The summed E-state index contributed by atoms with van der Waals surface area (Å²) in [6, 6.07) is 8.00. The third-order valence-corrected chi connectivity index (χ3v) is 6.84. The quantitative estimate of drug-likeness (QED) is 0.417. The van der Waals surface area contributed by atoms with Gasteiger partial charge in [0.25, 0.3) is 11.7 Å². The van der Waals surface area contributed by atoms with Crippen molar-refractivity contribution in [1.82, 2.24) is 15.1 Å². The molecule has 1 aliphatic heterocycles. The molecule has 0 saturated heterocycles. The molecule has 2 atom stereocenters. The highest BCUT2D eigenvalue weighted by Crippen LogP contribution is 2.41. The summed E-state index contributed by atoms with van der Waals surface area (Å²) in [5.41, 5.74) is 0.763. The number of amides is 3. The predicted octanol–water partition coefficient (Wildman–Crippen LogP) is 3.59. The van der Waals surface area contributed by atoms with Gasteiger partial charge in [-0.05, 0) is 23.6 Å². The maximum atomic E-state index is 13.9. The van der Waals surface area contributed by atoms with E-state index in [1.54, 1.807) is 32.0 Å². The van der Waals surface area contributed by atoms with Crippen molar-refractivity contribution in [2.24, 2.45) is 5.92 Å². The van der Waals surface area contributed by atoms with Crippen LogP contribution in [0, 0.1) is 5.92 Å². The van der Waals surface area contributed by atoms with Gasteiger partial charge in [-0.1, -0.05) is 44.2 Å². The zero-order valence-corrected chi connectivity index (χ0v) is 24.7. The fraction of sp³-hybridized carbons (Fsp3) is 0.400. The molecule has 0 aromatic heterocycles. The van der Waals surface area contributed by atoms with Gasteiger partial charge in [-0.3, -0.25) is 24.1 Å². The number of carbonyl (C=O) groups is 4. The first-order valence-corrected chi connectivity index (χ1v) is 13.3. The van der Waals surface area contributed by atoms with Gasteiger partial charge in [-0.25, -0.2) is 0 Å². The number of halogens is 3. The summed E-state index contributed by atoms with van der Waals surface area (Å²) in [7, 11) is 4.17. The van der Waals surface area contributed by atoms with Crippen molar-refractivity contribution >= 4 is 29.2 Å². The van der Waals surface area contributed by atoms with Gasteiger partial charge in [0, 0.05) is 25.1 Å². The van der Waals surface area contributed by atoms with Crippen molar-refractivity contribution in [2.45, 2.75) is 45.5 Å². The van der Waals surface area contributed by atoms with Crippen LogP contribution >= 0.6 is 0 Å². The van der Waals surface area contributed by atoms with Crippen molar-refractivity contribution in [3.8, 4) is 17.2 Å². The fourth-order valence-electron chi connectivity index (χ4n) is 4.83. The zero-order chi connectivity index (χ0) is 32.1. The number of rotatable bonds is 11.